The summed E-state index contributed by atoms with van der Waals surface area (Å²) in [4.78, 5) is 2.67. The van der Waals surface area contributed by atoms with Crippen LogP contribution in [0.15, 0.2) is 0 Å². The standard InChI is InChI=1S/C12H24N2O/c1-10(11-3-4-11)14(7-8-15-2)12-5-6-13-9-12/h10-13H,3-9H2,1-2H3. The Morgan fingerprint density at radius 1 is 1.40 bits per heavy atom. The molecule has 0 bridgehead atoms. The van der Waals surface area contributed by atoms with Crippen LogP contribution in [0, 0.1) is 5.92 Å². The third-order valence-corrected chi connectivity index (χ3v) is 3.88. The Hall–Kier alpha value is -0.120. The Bertz CT molecular complexity index is 186. The Morgan fingerprint density at radius 2 is 2.20 bits per heavy atom. The minimum atomic E-state index is 0.746. The lowest BCUT2D eigenvalue weighted by atomic mass is 10.1. The van der Waals surface area contributed by atoms with Gasteiger partial charge >= 0.3 is 0 Å². The van der Waals surface area contributed by atoms with Crippen molar-refractivity contribution in [2.75, 3.05) is 33.4 Å². The van der Waals surface area contributed by atoms with Crippen molar-refractivity contribution in [1.82, 2.24) is 10.2 Å². The van der Waals surface area contributed by atoms with Crippen molar-refractivity contribution in [3.63, 3.8) is 0 Å². The zero-order chi connectivity index (χ0) is 10.7. The van der Waals surface area contributed by atoms with Gasteiger partial charge in [-0.3, -0.25) is 4.90 Å². The summed E-state index contributed by atoms with van der Waals surface area (Å²) in [5.41, 5.74) is 0. The molecule has 0 radical (unpaired) electrons. The van der Waals surface area contributed by atoms with E-state index in [1.165, 1.54) is 32.4 Å². The van der Waals surface area contributed by atoms with Crippen LogP contribution < -0.4 is 5.32 Å². The zero-order valence-corrected chi connectivity index (χ0v) is 10.0. The maximum Gasteiger partial charge on any atom is 0.0589 e. The van der Waals surface area contributed by atoms with Crippen LogP contribution >= 0.6 is 0 Å². The van der Waals surface area contributed by atoms with Gasteiger partial charge in [-0.05, 0) is 38.6 Å². The Labute approximate surface area is 93.2 Å². The lowest BCUT2D eigenvalue weighted by Crippen LogP contribution is -2.45. The highest BCUT2D eigenvalue weighted by atomic mass is 16.5. The Balaban J connectivity index is 1.87. The van der Waals surface area contributed by atoms with E-state index in [4.69, 9.17) is 4.74 Å². The topological polar surface area (TPSA) is 24.5 Å². The molecule has 2 atom stereocenters. The van der Waals surface area contributed by atoms with Gasteiger partial charge in [0.15, 0.2) is 0 Å². The van der Waals surface area contributed by atoms with E-state index in [0.717, 1.165) is 31.2 Å². The van der Waals surface area contributed by atoms with Gasteiger partial charge in [0, 0.05) is 32.3 Å². The lowest BCUT2D eigenvalue weighted by Gasteiger charge is -2.34. The van der Waals surface area contributed by atoms with Gasteiger partial charge in [0.1, 0.15) is 0 Å². The van der Waals surface area contributed by atoms with Gasteiger partial charge in [-0.25, -0.2) is 0 Å². The normalized spacial score (nSPS) is 28.6. The van der Waals surface area contributed by atoms with Gasteiger partial charge in [0.05, 0.1) is 6.61 Å². The number of nitrogens with one attached hydrogen (secondary N) is 1. The van der Waals surface area contributed by atoms with Gasteiger partial charge < -0.3 is 10.1 Å². The first-order valence-electron chi connectivity index (χ1n) is 6.28. The summed E-state index contributed by atoms with van der Waals surface area (Å²) in [6, 6.07) is 1.50. The van der Waals surface area contributed by atoms with E-state index < -0.39 is 0 Å². The number of hydrogen-bond acceptors (Lipinski definition) is 3. The molecule has 2 rings (SSSR count). The molecule has 2 unspecified atom stereocenters. The molecule has 1 N–H and O–H groups in total. The number of methoxy groups -OCH3 is 1. The average molecular weight is 212 g/mol. The van der Waals surface area contributed by atoms with Crippen molar-refractivity contribution in [2.45, 2.75) is 38.3 Å². The zero-order valence-electron chi connectivity index (χ0n) is 10.0. The van der Waals surface area contributed by atoms with Gasteiger partial charge in [-0.15, -0.1) is 0 Å². The van der Waals surface area contributed by atoms with E-state index >= 15 is 0 Å². The molecule has 0 aromatic rings. The minimum absolute atomic E-state index is 0.746. The molecular formula is C12H24N2O. The molecule has 3 heteroatoms. The van der Waals surface area contributed by atoms with Crippen molar-refractivity contribution >= 4 is 0 Å². The first-order chi connectivity index (χ1) is 7.33. The SMILES string of the molecule is COCCN(C1CCNC1)C(C)C1CC1. The Morgan fingerprint density at radius 3 is 2.73 bits per heavy atom. The molecule has 0 aromatic carbocycles. The predicted octanol–water partition coefficient (Wildman–Crippen LogP) is 1.10. The van der Waals surface area contributed by atoms with Gasteiger partial charge in [-0.2, -0.15) is 0 Å². The quantitative estimate of drug-likeness (QED) is 0.713. The van der Waals surface area contributed by atoms with Crippen molar-refractivity contribution in [1.29, 1.82) is 0 Å². The maximum atomic E-state index is 5.22. The summed E-state index contributed by atoms with van der Waals surface area (Å²) in [6.07, 6.45) is 4.18. The summed E-state index contributed by atoms with van der Waals surface area (Å²) in [7, 11) is 1.80. The van der Waals surface area contributed by atoms with Gasteiger partial charge in [0.2, 0.25) is 0 Å². The maximum absolute atomic E-state index is 5.22. The van der Waals surface area contributed by atoms with E-state index in [1.54, 1.807) is 7.11 Å². The molecule has 1 aliphatic carbocycles. The second kappa shape index (κ2) is 5.28. The summed E-state index contributed by atoms with van der Waals surface area (Å²) in [5.74, 6) is 0.961. The van der Waals surface area contributed by atoms with Crippen LogP contribution in [0.4, 0.5) is 0 Å². The third-order valence-electron chi connectivity index (χ3n) is 3.88. The van der Waals surface area contributed by atoms with E-state index in [2.05, 4.69) is 17.1 Å². The number of ether oxygens (including phenoxy) is 1. The van der Waals surface area contributed by atoms with Crippen molar-refractivity contribution in [2.24, 2.45) is 5.92 Å². The summed E-state index contributed by atoms with van der Waals surface area (Å²) in [6.45, 7) is 6.71. The lowest BCUT2D eigenvalue weighted by molar-refractivity contribution is 0.0876. The molecular weight excluding hydrogens is 188 g/mol. The molecule has 1 saturated carbocycles. The molecule has 2 fully saturated rings. The van der Waals surface area contributed by atoms with Crippen LogP contribution in [0.5, 0.6) is 0 Å². The summed E-state index contributed by atoms with van der Waals surface area (Å²) >= 11 is 0. The van der Waals surface area contributed by atoms with Crippen LogP contribution in [0.2, 0.25) is 0 Å². The van der Waals surface area contributed by atoms with Crippen LogP contribution in [0.1, 0.15) is 26.2 Å². The molecule has 3 nitrogen and oxygen atoms in total. The number of hydrogen-bond donors (Lipinski definition) is 1. The van der Waals surface area contributed by atoms with Crippen molar-refractivity contribution in [3.05, 3.63) is 0 Å². The van der Waals surface area contributed by atoms with E-state index in [1.807, 2.05) is 0 Å². The first-order valence-corrected chi connectivity index (χ1v) is 6.28. The molecule has 1 saturated heterocycles. The minimum Gasteiger partial charge on any atom is -0.383 e. The summed E-state index contributed by atoms with van der Waals surface area (Å²) < 4.78 is 5.22. The van der Waals surface area contributed by atoms with E-state index in [9.17, 15) is 0 Å². The molecule has 0 aromatic heterocycles. The number of nitrogens with zero attached hydrogens (tertiary/aromatic N) is 1. The molecule has 2 aliphatic rings. The highest BCUT2D eigenvalue weighted by Crippen LogP contribution is 2.36. The molecule has 15 heavy (non-hydrogen) atoms. The molecule has 0 spiro atoms. The molecule has 1 aliphatic heterocycles. The Kier molecular flexibility index (Phi) is 4.00. The van der Waals surface area contributed by atoms with Crippen LogP contribution in [0.3, 0.4) is 0 Å². The predicted molar refractivity (Wildman–Crippen MR) is 62.0 cm³/mol. The van der Waals surface area contributed by atoms with Gasteiger partial charge in [-0.1, -0.05) is 0 Å². The highest BCUT2D eigenvalue weighted by molar-refractivity contribution is 4.90. The number of rotatable bonds is 6. The second-order valence-electron chi connectivity index (χ2n) is 4.96. The molecule has 88 valence electrons. The molecule has 0 amide bonds. The van der Waals surface area contributed by atoms with Crippen LogP contribution in [-0.4, -0.2) is 50.3 Å². The largest absolute Gasteiger partial charge is 0.383 e. The second-order valence-corrected chi connectivity index (χ2v) is 4.96. The summed E-state index contributed by atoms with van der Waals surface area (Å²) in [5, 5.41) is 3.46. The van der Waals surface area contributed by atoms with Crippen molar-refractivity contribution in [3.8, 4) is 0 Å². The average Bonchev–Trinajstić information content (AvgIpc) is 2.97. The van der Waals surface area contributed by atoms with Crippen molar-refractivity contribution < 1.29 is 4.74 Å². The fourth-order valence-corrected chi connectivity index (χ4v) is 2.69. The van der Waals surface area contributed by atoms with Crippen LogP contribution in [0.25, 0.3) is 0 Å². The van der Waals surface area contributed by atoms with E-state index in [-0.39, 0.29) is 0 Å². The monoisotopic (exact) mass is 212 g/mol. The van der Waals surface area contributed by atoms with E-state index in [0.29, 0.717) is 0 Å². The smallest absolute Gasteiger partial charge is 0.0589 e. The fourth-order valence-electron chi connectivity index (χ4n) is 2.69. The fraction of sp³-hybridized carbons (Fsp3) is 1.00. The third kappa shape index (κ3) is 2.92. The first kappa shape index (κ1) is 11.4. The van der Waals surface area contributed by atoms with Crippen LogP contribution in [-0.2, 0) is 4.74 Å². The van der Waals surface area contributed by atoms with Gasteiger partial charge in [0.25, 0.3) is 0 Å². The highest BCUT2D eigenvalue weighted by Gasteiger charge is 2.35. The molecule has 1 heterocycles.